The number of fused-ring (bicyclic) bond motifs is 2. The minimum absolute atomic E-state index is 0.835. The van der Waals surface area contributed by atoms with Crippen LogP contribution in [0, 0.1) is 6.92 Å². The molecule has 1 aliphatic rings. The van der Waals surface area contributed by atoms with Gasteiger partial charge in [-0.3, -0.25) is 14.7 Å². The van der Waals surface area contributed by atoms with Crippen molar-refractivity contribution in [2.24, 2.45) is 0 Å². The van der Waals surface area contributed by atoms with Gasteiger partial charge in [-0.1, -0.05) is 25.1 Å². The van der Waals surface area contributed by atoms with Gasteiger partial charge >= 0.3 is 0 Å². The Morgan fingerprint density at radius 1 is 1.42 bits per heavy atom. The zero-order chi connectivity index (χ0) is 13.4. The van der Waals surface area contributed by atoms with E-state index in [0.717, 1.165) is 65.6 Å². The fourth-order valence-electron chi connectivity index (χ4n) is 2.90. The fourth-order valence-corrected chi connectivity index (χ4v) is 2.90. The lowest BCUT2D eigenvalue weighted by atomic mass is 9.95. The van der Waals surface area contributed by atoms with Crippen molar-refractivity contribution >= 4 is 17.2 Å². The van der Waals surface area contributed by atoms with Gasteiger partial charge in [0.1, 0.15) is 0 Å². The summed E-state index contributed by atoms with van der Waals surface area (Å²) in [5.74, 6) is 0. The SMILES string of the molecule is CCN1CCc2nc3c(C)cccc3c(C=O)c2C1. The number of nitrogens with zero attached hydrogens (tertiary/aromatic N) is 2. The Kier molecular flexibility index (Phi) is 3.07. The maximum atomic E-state index is 11.6. The average Bonchev–Trinajstić information content (AvgIpc) is 2.45. The molecule has 1 aromatic heterocycles. The third-order valence-electron chi connectivity index (χ3n) is 4.06. The standard InChI is InChI=1S/C16H18N2O/c1-3-18-8-7-15-13(9-18)14(10-19)12-6-4-5-11(2)16(12)17-15/h4-6,10H,3,7-9H2,1-2H3. The zero-order valence-electron chi connectivity index (χ0n) is 11.4. The van der Waals surface area contributed by atoms with E-state index in [1.165, 1.54) is 0 Å². The topological polar surface area (TPSA) is 33.2 Å². The van der Waals surface area contributed by atoms with Crippen molar-refractivity contribution in [2.75, 3.05) is 13.1 Å². The molecular weight excluding hydrogens is 236 g/mol. The number of aldehydes is 1. The second-order valence-corrected chi connectivity index (χ2v) is 5.16. The summed E-state index contributed by atoms with van der Waals surface area (Å²) < 4.78 is 0. The van der Waals surface area contributed by atoms with E-state index >= 15 is 0 Å². The van der Waals surface area contributed by atoms with Crippen molar-refractivity contribution in [1.82, 2.24) is 9.88 Å². The van der Waals surface area contributed by atoms with Crippen LogP contribution in [0.1, 0.15) is 34.1 Å². The number of carbonyl (C=O) groups excluding carboxylic acids is 1. The molecule has 0 radical (unpaired) electrons. The van der Waals surface area contributed by atoms with Crippen LogP contribution in [0.3, 0.4) is 0 Å². The first-order chi connectivity index (χ1) is 9.24. The zero-order valence-corrected chi connectivity index (χ0v) is 11.4. The number of para-hydroxylation sites is 1. The van der Waals surface area contributed by atoms with Crippen molar-refractivity contribution in [1.29, 1.82) is 0 Å². The summed E-state index contributed by atoms with van der Waals surface area (Å²) in [6.45, 7) is 7.11. The number of rotatable bonds is 2. The fraction of sp³-hybridized carbons (Fsp3) is 0.375. The molecular formula is C16H18N2O. The van der Waals surface area contributed by atoms with Crippen LogP contribution in [0.2, 0.25) is 0 Å². The number of pyridine rings is 1. The Hall–Kier alpha value is -1.74. The van der Waals surface area contributed by atoms with Crippen LogP contribution >= 0.6 is 0 Å². The van der Waals surface area contributed by atoms with Gasteiger partial charge < -0.3 is 0 Å². The lowest BCUT2D eigenvalue weighted by Gasteiger charge is -2.28. The van der Waals surface area contributed by atoms with E-state index in [9.17, 15) is 4.79 Å². The molecule has 0 fully saturated rings. The van der Waals surface area contributed by atoms with Crippen LogP contribution in [0.5, 0.6) is 0 Å². The van der Waals surface area contributed by atoms with E-state index in [4.69, 9.17) is 4.98 Å². The Morgan fingerprint density at radius 3 is 3.00 bits per heavy atom. The summed E-state index contributed by atoms with van der Waals surface area (Å²) in [6, 6.07) is 6.06. The Labute approximate surface area is 113 Å². The van der Waals surface area contributed by atoms with Gasteiger partial charge in [-0.05, 0) is 24.6 Å². The molecule has 19 heavy (non-hydrogen) atoms. The smallest absolute Gasteiger partial charge is 0.151 e. The minimum Gasteiger partial charge on any atom is -0.299 e. The molecule has 3 heteroatoms. The molecule has 0 amide bonds. The van der Waals surface area contributed by atoms with Gasteiger partial charge in [-0.15, -0.1) is 0 Å². The van der Waals surface area contributed by atoms with Gasteiger partial charge in [0.05, 0.1) is 5.52 Å². The van der Waals surface area contributed by atoms with Crippen molar-refractivity contribution in [3.05, 3.63) is 40.6 Å². The quantitative estimate of drug-likeness (QED) is 0.773. The van der Waals surface area contributed by atoms with Crippen molar-refractivity contribution in [3.63, 3.8) is 0 Å². The minimum atomic E-state index is 0.835. The van der Waals surface area contributed by atoms with Crippen LogP contribution in [0.15, 0.2) is 18.2 Å². The van der Waals surface area contributed by atoms with Crippen molar-refractivity contribution in [3.8, 4) is 0 Å². The van der Waals surface area contributed by atoms with Crippen LogP contribution in [-0.4, -0.2) is 29.3 Å². The summed E-state index contributed by atoms with van der Waals surface area (Å²) in [4.78, 5) is 18.7. The van der Waals surface area contributed by atoms with E-state index in [-0.39, 0.29) is 0 Å². The molecule has 0 aliphatic carbocycles. The van der Waals surface area contributed by atoms with Gasteiger partial charge in [0.25, 0.3) is 0 Å². The van der Waals surface area contributed by atoms with Gasteiger partial charge in [0, 0.05) is 36.2 Å². The Balaban J connectivity index is 2.29. The normalized spacial score (nSPS) is 15.5. The third-order valence-corrected chi connectivity index (χ3v) is 4.06. The predicted octanol–water partition coefficient (Wildman–Crippen LogP) is 2.73. The number of hydrogen-bond donors (Lipinski definition) is 0. The molecule has 0 N–H and O–H groups in total. The first-order valence-electron chi connectivity index (χ1n) is 6.83. The number of carbonyl (C=O) groups is 1. The number of aromatic nitrogens is 1. The molecule has 1 aliphatic heterocycles. The molecule has 1 aromatic carbocycles. The molecule has 3 rings (SSSR count). The highest BCUT2D eigenvalue weighted by atomic mass is 16.1. The highest BCUT2D eigenvalue weighted by molar-refractivity contribution is 5.99. The molecule has 0 atom stereocenters. The summed E-state index contributed by atoms with van der Waals surface area (Å²) >= 11 is 0. The Bertz CT molecular complexity index is 649. The monoisotopic (exact) mass is 254 g/mol. The molecule has 0 saturated carbocycles. The van der Waals surface area contributed by atoms with Gasteiger partial charge in [0.2, 0.25) is 0 Å². The summed E-state index contributed by atoms with van der Waals surface area (Å²) in [7, 11) is 0. The lowest BCUT2D eigenvalue weighted by Crippen LogP contribution is -2.31. The number of aryl methyl sites for hydroxylation is 1. The number of likely N-dealkylation sites (N-methyl/N-ethyl adjacent to an activating group) is 1. The molecule has 2 heterocycles. The van der Waals surface area contributed by atoms with E-state index in [0.29, 0.717) is 0 Å². The van der Waals surface area contributed by atoms with Gasteiger partial charge in [-0.2, -0.15) is 0 Å². The lowest BCUT2D eigenvalue weighted by molar-refractivity contribution is 0.112. The highest BCUT2D eigenvalue weighted by Crippen LogP contribution is 2.28. The van der Waals surface area contributed by atoms with E-state index in [1.54, 1.807) is 0 Å². The Morgan fingerprint density at radius 2 is 2.26 bits per heavy atom. The molecule has 0 bridgehead atoms. The molecule has 0 saturated heterocycles. The highest BCUT2D eigenvalue weighted by Gasteiger charge is 2.21. The first-order valence-corrected chi connectivity index (χ1v) is 6.83. The largest absolute Gasteiger partial charge is 0.299 e. The summed E-state index contributed by atoms with van der Waals surface area (Å²) in [5.41, 5.74) is 5.19. The second-order valence-electron chi connectivity index (χ2n) is 5.16. The maximum Gasteiger partial charge on any atom is 0.151 e. The van der Waals surface area contributed by atoms with Crippen LogP contribution in [-0.2, 0) is 13.0 Å². The number of benzene rings is 1. The molecule has 0 unspecified atom stereocenters. The molecule has 0 spiro atoms. The van der Waals surface area contributed by atoms with Crippen molar-refractivity contribution in [2.45, 2.75) is 26.8 Å². The first kappa shape index (κ1) is 12.3. The van der Waals surface area contributed by atoms with Gasteiger partial charge in [0.15, 0.2) is 6.29 Å². The maximum absolute atomic E-state index is 11.6. The van der Waals surface area contributed by atoms with Crippen LogP contribution in [0.4, 0.5) is 0 Å². The van der Waals surface area contributed by atoms with Crippen LogP contribution < -0.4 is 0 Å². The van der Waals surface area contributed by atoms with E-state index in [2.05, 4.69) is 24.8 Å². The summed E-state index contributed by atoms with van der Waals surface area (Å²) in [6.07, 6.45) is 1.94. The third kappa shape index (κ3) is 1.94. The molecule has 98 valence electrons. The average molecular weight is 254 g/mol. The van der Waals surface area contributed by atoms with Crippen molar-refractivity contribution < 1.29 is 4.79 Å². The van der Waals surface area contributed by atoms with E-state index < -0.39 is 0 Å². The van der Waals surface area contributed by atoms with Gasteiger partial charge in [-0.25, -0.2) is 0 Å². The summed E-state index contributed by atoms with van der Waals surface area (Å²) in [5, 5.41) is 0.992. The predicted molar refractivity (Wildman–Crippen MR) is 76.5 cm³/mol. The number of hydrogen-bond acceptors (Lipinski definition) is 3. The van der Waals surface area contributed by atoms with Crippen LogP contribution in [0.25, 0.3) is 10.9 Å². The second kappa shape index (κ2) is 4.74. The molecule has 2 aromatic rings. The van der Waals surface area contributed by atoms with E-state index in [1.807, 2.05) is 12.1 Å². The molecule has 3 nitrogen and oxygen atoms in total.